The van der Waals surface area contributed by atoms with Crippen molar-refractivity contribution < 1.29 is 13.2 Å². The number of anilines is 1. The third kappa shape index (κ3) is 3.83. The molecule has 0 radical (unpaired) electrons. The Morgan fingerprint density at radius 2 is 1.39 bits per heavy atom. The summed E-state index contributed by atoms with van der Waals surface area (Å²) >= 11 is 0. The topological polar surface area (TPSA) is 81.2 Å². The van der Waals surface area contributed by atoms with Gasteiger partial charge in [-0.2, -0.15) is 0 Å². The zero-order valence-electron chi connectivity index (χ0n) is 12.0. The monoisotopic (exact) mass is 327 g/mol. The van der Waals surface area contributed by atoms with Crippen molar-refractivity contribution in [2.24, 2.45) is 0 Å². The molecule has 0 spiro atoms. The van der Waals surface area contributed by atoms with Crippen LogP contribution in [-0.2, 0) is 10.0 Å². The average Bonchev–Trinajstić information content (AvgIpc) is 2.57. The summed E-state index contributed by atoms with van der Waals surface area (Å²) in [5.41, 5.74) is 0. The van der Waals surface area contributed by atoms with E-state index in [1.807, 2.05) is 30.3 Å². The van der Waals surface area contributed by atoms with Gasteiger partial charge in [-0.05, 0) is 42.5 Å². The first-order chi connectivity index (χ1) is 11.1. The normalized spacial score (nSPS) is 11.0. The Morgan fingerprint density at radius 1 is 0.783 bits per heavy atom. The SMILES string of the molecule is O=S(=O)(Nc1ncccn1)c1ccc(Oc2ccccc2)cc1. The van der Waals surface area contributed by atoms with Crippen LogP contribution in [-0.4, -0.2) is 18.4 Å². The summed E-state index contributed by atoms with van der Waals surface area (Å²) in [7, 11) is -3.73. The number of benzene rings is 2. The van der Waals surface area contributed by atoms with Crippen molar-refractivity contribution in [3.8, 4) is 11.5 Å². The van der Waals surface area contributed by atoms with Gasteiger partial charge in [0, 0.05) is 12.4 Å². The summed E-state index contributed by atoms with van der Waals surface area (Å²) in [6.07, 6.45) is 2.92. The third-order valence-electron chi connectivity index (χ3n) is 2.90. The van der Waals surface area contributed by atoms with Crippen LogP contribution >= 0.6 is 0 Å². The zero-order valence-corrected chi connectivity index (χ0v) is 12.8. The molecule has 0 atom stereocenters. The molecule has 0 aliphatic rings. The predicted molar refractivity (Wildman–Crippen MR) is 85.8 cm³/mol. The highest BCUT2D eigenvalue weighted by atomic mass is 32.2. The van der Waals surface area contributed by atoms with E-state index in [1.54, 1.807) is 18.2 Å². The van der Waals surface area contributed by atoms with Crippen LogP contribution in [0.5, 0.6) is 11.5 Å². The van der Waals surface area contributed by atoms with Crippen LogP contribution in [0, 0.1) is 0 Å². The quantitative estimate of drug-likeness (QED) is 0.779. The van der Waals surface area contributed by atoms with Gasteiger partial charge in [0.25, 0.3) is 10.0 Å². The number of nitrogens with zero attached hydrogens (tertiary/aromatic N) is 2. The Balaban J connectivity index is 1.76. The summed E-state index contributed by atoms with van der Waals surface area (Å²) < 4.78 is 32.4. The number of nitrogens with one attached hydrogen (secondary N) is 1. The number of hydrogen-bond acceptors (Lipinski definition) is 5. The summed E-state index contributed by atoms with van der Waals surface area (Å²) in [6.45, 7) is 0. The van der Waals surface area contributed by atoms with Crippen molar-refractivity contribution in [3.05, 3.63) is 73.1 Å². The van der Waals surface area contributed by atoms with Crippen molar-refractivity contribution in [2.75, 3.05) is 4.72 Å². The molecule has 6 nitrogen and oxygen atoms in total. The lowest BCUT2D eigenvalue weighted by atomic mass is 10.3. The van der Waals surface area contributed by atoms with Crippen LogP contribution in [0.15, 0.2) is 78.0 Å². The van der Waals surface area contributed by atoms with Gasteiger partial charge in [-0.1, -0.05) is 18.2 Å². The van der Waals surface area contributed by atoms with Crippen LogP contribution in [0.4, 0.5) is 5.95 Å². The van der Waals surface area contributed by atoms with Gasteiger partial charge < -0.3 is 4.74 Å². The molecule has 3 aromatic rings. The minimum atomic E-state index is -3.73. The molecule has 0 bridgehead atoms. The van der Waals surface area contributed by atoms with Crippen LogP contribution in [0.1, 0.15) is 0 Å². The van der Waals surface area contributed by atoms with Gasteiger partial charge in [-0.3, -0.25) is 0 Å². The Morgan fingerprint density at radius 3 is 2.04 bits per heavy atom. The van der Waals surface area contributed by atoms with Gasteiger partial charge in [0.2, 0.25) is 5.95 Å². The maximum atomic E-state index is 12.2. The molecule has 3 rings (SSSR count). The maximum absolute atomic E-state index is 12.2. The van der Waals surface area contributed by atoms with Crippen LogP contribution in [0.3, 0.4) is 0 Å². The van der Waals surface area contributed by atoms with Crippen molar-refractivity contribution in [1.82, 2.24) is 9.97 Å². The molecule has 0 saturated heterocycles. The highest BCUT2D eigenvalue weighted by molar-refractivity contribution is 7.92. The summed E-state index contributed by atoms with van der Waals surface area (Å²) in [6, 6.07) is 17.0. The van der Waals surface area contributed by atoms with Crippen molar-refractivity contribution in [2.45, 2.75) is 4.90 Å². The molecule has 0 unspecified atom stereocenters. The lowest BCUT2D eigenvalue weighted by Gasteiger charge is -2.08. The Bertz CT molecular complexity index is 867. The number of hydrogen-bond donors (Lipinski definition) is 1. The molecular weight excluding hydrogens is 314 g/mol. The van der Waals surface area contributed by atoms with Gasteiger partial charge in [-0.25, -0.2) is 23.1 Å². The van der Waals surface area contributed by atoms with Crippen LogP contribution in [0.25, 0.3) is 0 Å². The smallest absolute Gasteiger partial charge is 0.264 e. The molecule has 1 N–H and O–H groups in total. The van der Waals surface area contributed by atoms with E-state index in [4.69, 9.17) is 4.74 Å². The Hall–Kier alpha value is -2.93. The molecule has 1 aromatic heterocycles. The minimum Gasteiger partial charge on any atom is -0.457 e. The number of sulfonamides is 1. The van der Waals surface area contributed by atoms with Crippen molar-refractivity contribution >= 4 is 16.0 Å². The van der Waals surface area contributed by atoms with Crippen LogP contribution in [0.2, 0.25) is 0 Å². The fraction of sp³-hybridized carbons (Fsp3) is 0. The first kappa shape index (κ1) is 15.0. The first-order valence-electron chi connectivity index (χ1n) is 6.76. The fourth-order valence-corrected chi connectivity index (χ4v) is 2.80. The largest absolute Gasteiger partial charge is 0.457 e. The molecule has 116 valence electrons. The Kier molecular flexibility index (Phi) is 4.20. The lowest BCUT2D eigenvalue weighted by molar-refractivity contribution is 0.482. The molecule has 2 aromatic carbocycles. The number of ether oxygens (including phenoxy) is 1. The van der Waals surface area contributed by atoms with E-state index in [1.165, 1.54) is 24.5 Å². The zero-order chi connectivity index (χ0) is 16.1. The van der Waals surface area contributed by atoms with E-state index < -0.39 is 10.0 Å². The highest BCUT2D eigenvalue weighted by Crippen LogP contribution is 2.23. The van der Waals surface area contributed by atoms with Crippen LogP contribution < -0.4 is 9.46 Å². The molecular formula is C16H13N3O3S. The summed E-state index contributed by atoms with van der Waals surface area (Å²) in [4.78, 5) is 7.78. The number of para-hydroxylation sites is 1. The second kappa shape index (κ2) is 6.45. The van der Waals surface area contributed by atoms with Crippen molar-refractivity contribution in [1.29, 1.82) is 0 Å². The van der Waals surface area contributed by atoms with Gasteiger partial charge in [0.1, 0.15) is 11.5 Å². The maximum Gasteiger partial charge on any atom is 0.264 e. The molecule has 0 saturated carbocycles. The second-order valence-electron chi connectivity index (χ2n) is 4.56. The molecule has 1 heterocycles. The highest BCUT2D eigenvalue weighted by Gasteiger charge is 2.15. The van der Waals surface area contributed by atoms with E-state index in [0.717, 1.165) is 0 Å². The fourth-order valence-electron chi connectivity index (χ4n) is 1.84. The average molecular weight is 327 g/mol. The van der Waals surface area contributed by atoms with E-state index in [-0.39, 0.29) is 10.8 Å². The summed E-state index contributed by atoms with van der Waals surface area (Å²) in [5.74, 6) is 1.25. The number of aromatic nitrogens is 2. The minimum absolute atomic E-state index is 0.0251. The predicted octanol–water partition coefficient (Wildman–Crippen LogP) is 3.07. The van der Waals surface area contributed by atoms with Crippen molar-refractivity contribution in [3.63, 3.8) is 0 Å². The van der Waals surface area contributed by atoms with Gasteiger partial charge in [-0.15, -0.1) is 0 Å². The van der Waals surface area contributed by atoms with E-state index >= 15 is 0 Å². The summed E-state index contributed by atoms with van der Waals surface area (Å²) in [5, 5.41) is 0. The molecule has 23 heavy (non-hydrogen) atoms. The van der Waals surface area contributed by atoms with Gasteiger partial charge in [0.15, 0.2) is 0 Å². The third-order valence-corrected chi connectivity index (χ3v) is 4.25. The molecule has 0 amide bonds. The Labute approximate surface area is 133 Å². The van der Waals surface area contributed by atoms with E-state index in [9.17, 15) is 8.42 Å². The second-order valence-corrected chi connectivity index (χ2v) is 6.25. The first-order valence-corrected chi connectivity index (χ1v) is 8.25. The van der Waals surface area contributed by atoms with E-state index in [0.29, 0.717) is 11.5 Å². The van der Waals surface area contributed by atoms with E-state index in [2.05, 4.69) is 14.7 Å². The van der Waals surface area contributed by atoms with Gasteiger partial charge in [0.05, 0.1) is 4.90 Å². The molecule has 0 fully saturated rings. The standard InChI is InChI=1S/C16H13N3O3S/c20-23(21,19-16-17-11-4-12-18-16)15-9-7-14(8-10-15)22-13-5-2-1-3-6-13/h1-12H,(H,17,18,19). The van der Waals surface area contributed by atoms with Gasteiger partial charge >= 0.3 is 0 Å². The molecule has 0 aliphatic carbocycles. The molecule has 0 aliphatic heterocycles. The molecule has 7 heteroatoms. The lowest BCUT2D eigenvalue weighted by Crippen LogP contribution is -2.14. The number of rotatable bonds is 5.